The van der Waals surface area contributed by atoms with Crippen LogP contribution in [0, 0.1) is 0 Å². The van der Waals surface area contributed by atoms with Crippen molar-refractivity contribution in [3.8, 4) is 0 Å². The maximum Gasteiger partial charge on any atom is 0.192 e. The molecule has 0 bridgehead atoms. The van der Waals surface area contributed by atoms with Gasteiger partial charge in [-0.2, -0.15) is 0 Å². The first-order chi connectivity index (χ1) is 6.81. The average molecular weight is 249 g/mol. The van der Waals surface area contributed by atoms with E-state index >= 15 is 0 Å². The van der Waals surface area contributed by atoms with Crippen LogP contribution in [0.15, 0.2) is 12.2 Å². The van der Waals surface area contributed by atoms with Crippen LogP contribution in [-0.2, 0) is 4.43 Å². The van der Waals surface area contributed by atoms with Gasteiger partial charge >= 0.3 is 0 Å². The lowest BCUT2D eigenvalue weighted by Gasteiger charge is -2.35. The van der Waals surface area contributed by atoms with E-state index in [2.05, 4.69) is 46.0 Å². The van der Waals surface area contributed by atoms with Gasteiger partial charge in [-0.25, -0.2) is 0 Å². The highest BCUT2D eigenvalue weighted by Gasteiger charge is 2.36. The second-order valence-electron chi connectivity index (χ2n) is 5.37. The minimum Gasteiger partial charge on any atom is -0.413 e. The molecule has 0 atom stereocenters. The van der Waals surface area contributed by atoms with E-state index in [4.69, 9.17) is 16.0 Å². The Balaban J connectivity index is 3.80. The van der Waals surface area contributed by atoms with Crippen LogP contribution in [-0.4, -0.2) is 20.8 Å². The van der Waals surface area contributed by atoms with E-state index in [1.54, 1.807) is 0 Å². The van der Waals surface area contributed by atoms with E-state index in [-0.39, 0.29) is 0 Å². The molecule has 0 aromatic carbocycles. The molecule has 0 aromatic rings. The molecule has 0 rings (SSSR count). The third kappa shape index (κ3) is 6.39. The van der Waals surface area contributed by atoms with Gasteiger partial charge in [0.1, 0.15) is 0 Å². The van der Waals surface area contributed by atoms with E-state index in [1.165, 1.54) is 0 Å². The van der Waals surface area contributed by atoms with Crippen LogP contribution in [0.2, 0.25) is 18.1 Å². The summed E-state index contributed by atoms with van der Waals surface area (Å²) in [6.45, 7) is 12.1. The summed E-state index contributed by atoms with van der Waals surface area (Å²) in [4.78, 5) is 0. The summed E-state index contributed by atoms with van der Waals surface area (Å²) in [5.74, 6) is 0.743. The number of hydrogen-bond acceptors (Lipinski definition) is 1. The number of allylic oxidation sites excluding steroid dienone is 1. The molecule has 90 valence electrons. The molecule has 0 heterocycles. The van der Waals surface area contributed by atoms with Gasteiger partial charge in [-0.15, -0.1) is 11.6 Å². The van der Waals surface area contributed by atoms with Gasteiger partial charge in [-0.1, -0.05) is 32.9 Å². The molecule has 3 heteroatoms. The molecule has 0 amide bonds. The van der Waals surface area contributed by atoms with Gasteiger partial charge in [-0.05, 0) is 31.0 Å². The van der Waals surface area contributed by atoms with Crippen LogP contribution >= 0.6 is 11.6 Å². The van der Waals surface area contributed by atoms with Gasteiger partial charge in [0.2, 0.25) is 0 Å². The normalized spacial score (nSPS) is 13.7. The monoisotopic (exact) mass is 248 g/mol. The predicted octanol–water partition coefficient (Wildman–Crippen LogP) is 4.58. The molecule has 0 radical (unpaired) electrons. The Bertz CT molecular complexity index is 194. The van der Waals surface area contributed by atoms with Gasteiger partial charge in [-0.3, -0.25) is 0 Å². The van der Waals surface area contributed by atoms with Crippen molar-refractivity contribution >= 4 is 19.9 Å². The maximum absolute atomic E-state index is 5.99. The summed E-state index contributed by atoms with van der Waals surface area (Å²) in [5.41, 5.74) is 0. The van der Waals surface area contributed by atoms with E-state index < -0.39 is 8.32 Å². The topological polar surface area (TPSA) is 9.23 Å². The van der Waals surface area contributed by atoms with Crippen molar-refractivity contribution in [1.29, 1.82) is 0 Å². The zero-order chi connectivity index (χ0) is 11.9. The van der Waals surface area contributed by atoms with Gasteiger partial charge in [0.25, 0.3) is 0 Å². The molecule has 0 saturated carbocycles. The molecule has 0 aliphatic rings. The summed E-state index contributed by atoms with van der Waals surface area (Å²) in [6.07, 6.45) is 6.39. The van der Waals surface area contributed by atoms with Crippen LogP contribution < -0.4 is 0 Å². The lowest BCUT2D eigenvalue weighted by molar-refractivity contribution is 0.327. The van der Waals surface area contributed by atoms with Crippen LogP contribution in [0.25, 0.3) is 0 Å². The molecule has 0 fully saturated rings. The Morgan fingerprint density at radius 3 is 2.27 bits per heavy atom. The van der Waals surface area contributed by atoms with Crippen LogP contribution in [0.5, 0.6) is 0 Å². The van der Waals surface area contributed by atoms with E-state index in [9.17, 15) is 0 Å². The molecule has 0 saturated heterocycles. The smallest absolute Gasteiger partial charge is 0.192 e. The van der Waals surface area contributed by atoms with Gasteiger partial charge in [0.15, 0.2) is 8.32 Å². The largest absolute Gasteiger partial charge is 0.413 e. The highest BCUT2D eigenvalue weighted by Crippen LogP contribution is 2.36. The van der Waals surface area contributed by atoms with Crippen molar-refractivity contribution < 1.29 is 4.43 Å². The molecule has 0 unspecified atom stereocenters. The fourth-order valence-electron chi connectivity index (χ4n) is 0.854. The van der Waals surface area contributed by atoms with Crippen LogP contribution in [0.3, 0.4) is 0 Å². The maximum atomic E-state index is 5.99. The third-order valence-corrected chi connectivity index (χ3v) is 7.79. The Hall–Kier alpha value is 0.207. The standard InChI is InChI=1S/C12H25ClOSi/c1-12(2,3)15(4,5)14-11-9-7-6-8-10-13/h7,9H,6,8,10-11H2,1-5H3/b9-7-. The first-order valence-corrected chi connectivity index (χ1v) is 9.10. The van der Waals surface area contributed by atoms with Crippen molar-refractivity contribution in [2.75, 3.05) is 12.5 Å². The second-order valence-corrected chi connectivity index (χ2v) is 10.6. The van der Waals surface area contributed by atoms with Crippen molar-refractivity contribution in [1.82, 2.24) is 0 Å². The average Bonchev–Trinajstić information content (AvgIpc) is 2.09. The van der Waals surface area contributed by atoms with Gasteiger partial charge in [0.05, 0.1) is 6.61 Å². The fourth-order valence-corrected chi connectivity index (χ4v) is 1.95. The summed E-state index contributed by atoms with van der Waals surface area (Å²) in [7, 11) is -1.55. The zero-order valence-electron chi connectivity index (χ0n) is 10.8. The van der Waals surface area contributed by atoms with E-state index in [1.807, 2.05) is 0 Å². The Morgan fingerprint density at radius 1 is 1.20 bits per heavy atom. The molecule has 0 spiro atoms. The summed E-state index contributed by atoms with van der Waals surface area (Å²) < 4.78 is 5.99. The van der Waals surface area contributed by atoms with Crippen molar-refractivity contribution in [3.05, 3.63) is 12.2 Å². The van der Waals surface area contributed by atoms with Crippen LogP contribution in [0.1, 0.15) is 33.6 Å². The van der Waals surface area contributed by atoms with Crippen molar-refractivity contribution in [3.63, 3.8) is 0 Å². The van der Waals surface area contributed by atoms with Gasteiger partial charge in [0, 0.05) is 5.88 Å². The molecule has 0 aromatic heterocycles. The molecule has 0 aliphatic carbocycles. The Labute approximate surface area is 101 Å². The lowest BCUT2D eigenvalue weighted by atomic mass is 10.2. The minimum absolute atomic E-state index is 0.303. The lowest BCUT2D eigenvalue weighted by Crippen LogP contribution is -2.40. The van der Waals surface area contributed by atoms with Crippen LogP contribution in [0.4, 0.5) is 0 Å². The molecule has 0 aliphatic heterocycles. The summed E-state index contributed by atoms with van der Waals surface area (Å²) in [6, 6.07) is 0. The third-order valence-electron chi connectivity index (χ3n) is 3.02. The first kappa shape index (κ1) is 15.2. The quantitative estimate of drug-likeness (QED) is 0.289. The predicted molar refractivity (Wildman–Crippen MR) is 72.2 cm³/mol. The molecule has 15 heavy (non-hydrogen) atoms. The molecular formula is C12H25ClOSi. The zero-order valence-corrected chi connectivity index (χ0v) is 12.5. The van der Waals surface area contributed by atoms with Crippen molar-refractivity contribution in [2.24, 2.45) is 0 Å². The SMILES string of the molecule is CC(C)(C)[Si](C)(C)OC/C=C\CCCCl. The number of alkyl halides is 1. The highest BCUT2D eigenvalue weighted by atomic mass is 35.5. The number of rotatable bonds is 6. The summed E-state index contributed by atoms with van der Waals surface area (Å²) >= 11 is 5.59. The fraction of sp³-hybridized carbons (Fsp3) is 0.833. The first-order valence-electron chi connectivity index (χ1n) is 5.66. The van der Waals surface area contributed by atoms with E-state index in [0.29, 0.717) is 5.04 Å². The minimum atomic E-state index is -1.55. The van der Waals surface area contributed by atoms with Crippen molar-refractivity contribution in [2.45, 2.75) is 51.7 Å². The molecular weight excluding hydrogens is 224 g/mol. The Kier molecular flexibility index (Phi) is 6.81. The molecule has 0 N–H and O–H groups in total. The number of unbranched alkanes of at least 4 members (excludes halogenated alkanes) is 1. The molecule has 1 nitrogen and oxygen atoms in total. The van der Waals surface area contributed by atoms with E-state index in [0.717, 1.165) is 25.3 Å². The second kappa shape index (κ2) is 6.72. The number of halogens is 1. The Morgan fingerprint density at radius 2 is 1.80 bits per heavy atom. The van der Waals surface area contributed by atoms with Gasteiger partial charge < -0.3 is 4.43 Å². The highest BCUT2D eigenvalue weighted by molar-refractivity contribution is 6.74. The number of hydrogen-bond donors (Lipinski definition) is 0. The summed E-state index contributed by atoms with van der Waals surface area (Å²) in [5, 5.41) is 0.303.